The van der Waals surface area contributed by atoms with Crippen molar-refractivity contribution in [3.05, 3.63) is 89.9 Å². The highest BCUT2D eigenvalue weighted by Gasteiger charge is 2.33. The van der Waals surface area contributed by atoms with Crippen LogP contribution >= 0.6 is 56.9 Å². The minimum atomic E-state index is -0.416. The van der Waals surface area contributed by atoms with Gasteiger partial charge in [-0.1, -0.05) is 30.3 Å². The van der Waals surface area contributed by atoms with Crippen LogP contribution in [0.25, 0.3) is 6.08 Å². The smallest absolute Gasteiger partial charge is 0.344 e. The van der Waals surface area contributed by atoms with Crippen molar-refractivity contribution in [3.8, 4) is 11.5 Å². The first-order chi connectivity index (χ1) is 18.4. The van der Waals surface area contributed by atoms with Crippen molar-refractivity contribution in [1.82, 2.24) is 4.90 Å². The molecule has 3 aromatic carbocycles. The molecule has 1 fully saturated rings. The first kappa shape index (κ1) is 28.4. The third kappa shape index (κ3) is 7.29. The maximum Gasteiger partial charge on any atom is 0.344 e. The van der Waals surface area contributed by atoms with Gasteiger partial charge in [-0.05, 0) is 117 Å². The Morgan fingerprint density at radius 3 is 2.37 bits per heavy atom. The van der Waals surface area contributed by atoms with Crippen LogP contribution in [0, 0.1) is 7.14 Å². The van der Waals surface area contributed by atoms with Gasteiger partial charge in [-0.3, -0.25) is 9.69 Å². The zero-order valence-corrected chi connectivity index (χ0v) is 25.8. The molecule has 0 N–H and O–H groups in total. The molecular weight excluding hydrogens is 730 g/mol. The van der Waals surface area contributed by atoms with Gasteiger partial charge in [0.15, 0.2) is 11.8 Å². The Morgan fingerprint density at radius 2 is 1.74 bits per heavy atom. The number of para-hydroxylation sites is 1. The van der Waals surface area contributed by atoms with Gasteiger partial charge in [0.2, 0.25) is 0 Å². The van der Waals surface area contributed by atoms with Crippen LogP contribution in [-0.4, -0.2) is 42.3 Å². The van der Waals surface area contributed by atoms with Crippen LogP contribution in [0.4, 0.5) is 5.69 Å². The maximum atomic E-state index is 13.6. The Morgan fingerprint density at radius 1 is 1.05 bits per heavy atom. The molecule has 10 heteroatoms. The van der Waals surface area contributed by atoms with Gasteiger partial charge in [-0.15, -0.1) is 0 Å². The summed E-state index contributed by atoms with van der Waals surface area (Å²) >= 11 is 5.68. The predicted molar refractivity (Wildman–Crippen MR) is 167 cm³/mol. The van der Waals surface area contributed by atoms with Crippen LogP contribution < -0.4 is 9.47 Å². The minimum absolute atomic E-state index is 0.117. The number of thioether (sulfide) groups is 1. The van der Waals surface area contributed by atoms with Crippen LogP contribution in [0.15, 0.2) is 76.6 Å². The fourth-order valence-corrected chi connectivity index (χ4v) is 6.67. The first-order valence-corrected chi connectivity index (χ1v) is 14.6. The van der Waals surface area contributed by atoms with Crippen LogP contribution in [0.3, 0.4) is 0 Å². The molecule has 1 heterocycles. The molecule has 7 nitrogen and oxygen atoms in total. The number of methoxy groups -OCH3 is 1. The van der Waals surface area contributed by atoms with Crippen molar-refractivity contribution in [2.24, 2.45) is 4.99 Å². The van der Waals surface area contributed by atoms with E-state index < -0.39 is 5.97 Å². The standard InChI is InChI=1S/C28H24I2N2O5S/c1-3-36-25(33)17-37-26-22(29)13-19(14-23(26)30)15-24-27(34)32(16-18-9-11-21(35-2)12-10-18)28(38-24)31-20-7-5-4-6-8-20/h4-15H,3,16-17H2,1-2H3/b24-15-,31-28?. The summed E-state index contributed by atoms with van der Waals surface area (Å²) in [4.78, 5) is 32.3. The van der Waals surface area contributed by atoms with Gasteiger partial charge in [0.1, 0.15) is 11.5 Å². The average Bonchev–Trinajstić information content (AvgIpc) is 3.18. The highest BCUT2D eigenvalue weighted by Crippen LogP contribution is 2.37. The third-order valence-corrected chi connectivity index (χ3v) is 7.94. The second kappa shape index (κ2) is 13.5. The van der Waals surface area contributed by atoms with E-state index in [-0.39, 0.29) is 12.5 Å². The molecule has 38 heavy (non-hydrogen) atoms. The number of aliphatic imine (C=N–C) groups is 1. The number of benzene rings is 3. The van der Waals surface area contributed by atoms with Crippen LogP contribution in [-0.2, 0) is 20.9 Å². The quantitative estimate of drug-likeness (QED) is 0.139. The SMILES string of the molecule is CCOC(=O)COc1c(I)cc(/C=C2\SC(=Nc3ccccc3)N(Cc3ccc(OC)cc3)C2=O)cc1I. The molecule has 0 aliphatic carbocycles. The highest BCUT2D eigenvalue weighted by molar-refractivity contribution is 14.1. The van der Waals surface area contributed by atoms with Gasteiger partial charge < -0.3 is 14.2 Å². The van der Waals surface area contributed by atoms with Crippen molar-refractivity contribution in [2.75, 3.05) is 20.3 Å². The van der Waals surface area contributed by atoms with Crippen molar-refractivity contribution in [1.29, 1.82) is 0 Å². The van der Waals surface area contributed by atoms with E-state index in [4.69, 9.17) is 19.2 Å². The number of nitrogens with zero attached hydrogens (tertiary/aromatic N) is 2. The first-order valence-electron chi connectivity index (χ1n) is 11.6. The molecule has 196 valence electrons. The number of halogens is 2. The van der Waals surface area contributed by atoms with E-state index in [1.807, 2.05) is 72.8 Å². The summed E-state index contributed by atoms with van der Waals surface area (Å²) < 4.78 is 17.6. The van der Waals surface area contributed by atoms with E-state index >= 15 is 0 Å². The third-order valence-electron chi connectivity index (χ3n) is 5.33. The summed E-state index contributed by atoms with van der Waals surface area (Å²) in [5.41, 5.74) is 2.59. The predicted octanol–water partition coefficient (Wildman–Crippen LogP) is 6.65. The Hall–Kier alpha value is -2.58. The lowest BCUT2D eigenvalue weighted by Crippen LogP contribution is -2.28. The van der Waals surface area contributed by atoms with Gasteiger partial charge in [-0.25, -0.2) is 9.79 Å². The second-order valence-electron chi connectivity index (χ2n) is 7.99. The summed E-state index contributed by atoms with van der Waals surface area (Å²) in [5.74, 6) is 0.835. The van der Waals surface area contributed by atoms with Gasteiger partial charge in [0, 0.05) is 0 Å². The maximum absolute atomic E-state index is 13.6. The lowest BCUT2D eigenvalue weighted by Gasteiger charge is -2.16. The summed E-state index contributed by atoms with van der Waals surface area (Å²) in [6, 6.07) is 21.1. The number of esters is 1. The average molecular weight is 754 g/mol. The molecule has 3 aromatic rings. The second-order valence-corrected chi connectivity index (χ2v) is 11.3. The molecule has 0 radical (unpaired) electrons. The Balaban J connectivity index is 1.61. The Kier molecular flexibility index (Phi) is 10.1. The monoisotopic (exact) mass is 754 g/mol. The molecule has 0 saturated carbocycles. The summed E-state index contributed by atoms with van der Waals surface area (Å²) in [6.07, 6.45) is 1.86. The molecule has 1 aliphatic heterocycles. The minimum Gasteiger partial charge on any atom is -0.497 e. The van der Waals surface area contributed by atoms with E-state index in [0.29, 0.717) is 29.0 Å². The van der Waals surface area contributed by atoms with E-state index in [1.54, 1.807) is 18.9 Å². The summed E-state index contributed by atoms with van der Waals surface area (Å²) in [7, 11) is 1.62. The van der Waals surface area contributed by atoms with Crippen LogP contribution in [0.5, 0.6) is 11.5 Å². The van der Waals surface area contributed by atoms with Crippen molar-refractivity contribution >= 4 is 85.8 Å². The molecule has 0 bridgehead atoms. The van der Waals surface area contributed by atoms with Gasteiger partial charge in [-0.2, -0.15) is 0 Å². The molecule has 0 atom stereocenters. The number of carbonyl (C=O) groups excluding carboxylic acids is 2. The number of amidine groups is 1. The van der Waals surface area contributed by atoms with Crippen LogP contribution in [0.2, 0.25) is 0 Å². The van der Waals surface area contributed by atoms with E-state index in [9.17, 15) is 9.59 Å². The molecule has 1 saturated heterocycles. The van der Waals surface area contributed by atoms with Gasteiger partial charge >= 0.3 is 5.97 Å². The molecule has 0 spiro atoms. The lowest BCUT2D eigenvalue weighted by molar-refractivity contribution is -0.145. The summed E-state index contributed by atoms with van der Waals surface area (Å²) in [5, 5.41) is 0.613. The fourth-order valence-electron chi connectivity index (χ4n) is 3.54. The zero-order valence-electron chi connectivity index (χ0n) is 20.6. The van der Waals surface area contributed by atoms with Crippen molar-refractivity contribution < 1.29 is 23.8 Å². The molecule has 4 rings (SSSR count). The molecule has 0 aromatic heterocycles. The number of hydrogen-bond donors (Lipinski definition) is 0. The van der Waals surface area contributed by atoms with Crippen molar-refractivity contribution in [3.63, 3.8) is 0 Å². The number of rotatable bonds is 9. The normalized spacial score (nSPS) is 15.3. The number of ether oxygens (including phenoxy) is 3. The Labute approximate surface area is 252 Å². The zero-order chi connectivity index (χ0) is 27.1. The van der Waals surface area contributed by atoms with Crippen molar-refractivity contribution in [2.45, 2.75) is 13.5 Å². The van der Waals surface area contributed by atoms with E-state index in [0.717, 1.165) is 29.7 Å². The largest absolute Gasteiger partial charge is 0.497 e. The highest BCUT2D eigenvalue weighted by atomic mass is 127. The summed E-state index contributed by atoms with van der Waals surface area (Å²) in [6.45, 7) is 2.28. The molecular formula is C28H24I2N2O5S. The molecule has 1 amide bonds. The van der Waals surface area contributed by atoms with Gasteiger partial charge in [0.05, 0.1) is 38.0 Å². The molecule has 0 unspecified atom stereocenters. The Bertz CT molecular complexity index is 1350. The number of hydrogen-bond acceptors (Lipinski definition) is 7. The lowest BCUT2D eigenvalue weighted by atomic mass is 10.2. The topological polar surface area (TPSA) is 77.4 Å². The van der Waals surface area contributed by atoms with Gasteiger partial charge in [0.25, 0.3) is 5.91 Å². The number of amides is 1. The van der Waals surface area contributed by atoms with E-state index in [1.165, 1.54) is 11.8 Å². The van der Waals surface area contributed by atoms with E-state index in [2.05, 4.69) is 45.2 Å². The molecule has 1 aliphatic rings. The number of carbonyl (C=O) groups is 2. The fraction of sp³-hybridized carbons (Fsp3) is 0.179. The van der Waals surface area contributed by atoms with Crippen LogP contribution in [0.1, 0.15) is 18.1 Å².